The molecule has 0 bridgehead atoms. The topological polar surface area (TPSA) is 59.5 Å². The van der Waals surface area contributed by atoms with E-state index in [1.807, 2.05) is 4.90 Å². The molecule has 0 N–H and O–H groups in total. The highest BCUT2D eigenvalue weighted by Gasteiger charge is 2.25. The van der Waals surface area contributed by atoms with Gasteiger partial charge in [0.15, 0.2) is 0 Å². The molecule has 0 spiro atoms. The Morgan fingerprint density at radius 1 is 1.12 bits per heavy atom. The fourth-order valence-corrected chi connectivity index (χ4v) is 3.30. The molecule has 5 nitrogen and oxygen atoms in total. The Bertz CT molecular complexity index is 511. The van der Waals surface area contributed by atoms with Crippen LogP contribution < -0.4 is 0 Å². The van der Waals surface area contributed by atoms with E-state index in [9.17, 15) is 9.59 Å². The van der Waals surface area contributed by atoms with Gasteiger partial charge < -0.3 is 9.64 Å². The largest absolute Gasteiger partial charge is 0.466 e. The molecule has 1 aromatic rings. The molecule has 132 valence electrons. The Morgan fingerprint density at radius 2 is 1.75 bits per heavy atom. The molecule has 1 fully saturated rings. The lowest BCUT2D eigenvalue weighted by Crippen LogP contribution is -2.42. The van der Waals surface area contributed by atoms with Gasteiger partial charge in [-0.2, -0.15) is 0 Å². The van der Waals surface area contributed by atoms with Gasteiger partial charge in [-0.25, -0.2) is 0 Å². The van der Waals surface area contributed by atoms with Crippen LogP contribution in [0.15, 0.2) is 24.5 Å². The fourth-order valence-electron chi connectivity index (χ4n) is 3.30. The van der Waals surface area contributed by atoms with Crippen molar-refractivity contribution >= 4 is 11.9 Å². The predicted octanol–water partition coefficient (Wildman–Crippen LogP) is 3.59. The highest BCUT2D eigenvalue weighted by atomic mass is 16.5. The van der Waals surface area contributed by atoms with Gasteiger partial charge >= 0.3 is 5.97 Å². The molecule has 5 heteroatoms. The quantitative estimate of drug-likeness (QED) is 0.747. The van der Waals surface area contributed by atoms with E-state index in [0.717, 1.165) is 25.7 Å². The summed E-state index contributed by atoms with van der Waals surface area (Å²) in [4.78, 5) is 30.6. The standard InChI is InChI=1S/C19H28N2O3/c1-2-24-18(22)12-15-21(17-8-6-4-3-5-7-9-17)19(23)16-10-13-20-14-11-16/h10-11,13-14,17H,2-9,12,15H2,1H3. The summed E-state index contributed by atoms with van der Waals surface area (Å²) in [6.45, 7) is 2.60. The first-order valence-electron chi connectivity index (χ1n) is 9.09. The number of esters is 1. The molecule has 1 saturated carbocycles. The van der Waals surface area contributed by atoms with Crippen molar-refractivity contribution in [2.45, 2.75) is 64.3 Å². The van der Waals surface area contributed by atoms with Crippen molar-refractivity contribution in [2.24, 2.45) is 0 Å². The minimum Gasteiger partial charge on any atom is -0.466 e. The van der Waals surface area contributed by atoms with Crippen molar-refractivity contribution in [1.82, 2.24) is 9.88 Å². The maximum Gasteiger partial charge on any atom is 0.307 e. The third kappa shape index (κ3) is 5.62. The summed E-state index contributed by atoms with van der Waals surface area (Å²) >= 11 is 0. The van der Waals surface area contributed by atoms with Crippen molar-refractivity contribution < 1.29 is 14.3 Å². The molecular formula is C19H28N2O3. The minimum absolute atomic E-state index is 0.00716. The van der Waals surface area contributed by atoms with Gasteiger partial charge in [-0.15, -0.1) is 0 Å². The number of nitrogens with zero attached hydrogens (tertiary/aromatic N) is 2. The molecule has 1 aliphatic rings. The number of rotatable bonds is 6. The lowest BCUT2D eigenvalue weighted by atomic mass is 9.95. The monoisotopic (exact) mass is 332 g/mol. The lowest BCUT2D eigenvalue weighted by molar-refractivity contribution is -0.143. The van der Waals surface area contributed by atoms with E-state index < -0.39 is 0 Å². The van der Waals surface area contributed by atoms with Crippen LogP contribution in [0.25, 0.3) is 0 Å². The highest BCUT2D eigenvalue weighted by molar-refractivity contribution is 5.94. The number of ether oxygens (including phenoxy) is 1. The molecule has 0 aliphatic heterocycles. The van der Waals surface area contributed by atoms with Gasteiger partial charge in [-0.3, -0.25) is 14.6 Å². The van der Waals surface area contributed by atoms with Gasteiger partial charge in [0.05, 0.1) is 13.0 Å². The second-order valence-electron chi connectivity index (χ2n) is 6.29. The summed E-state index contributed by atoms with van der Waals surface area (Å²) in [5.74, 6) is -0.247. The first kappa shape index (κ1) is 18.4. The molecule has 1 aromatic heterocycles. The third-order valence-electron chi connectivity index (χ3n) is 4.57. The van der Waals surface area contributed by atoms with Crippen molar-refractivity contribution in [3.8, 4) is 0 Å². The smallest absolute Gasteiger partial charge is 0.307 e. The molecule has 0 radical (unpaired) electrons. The second-order valence-corrected chi connectivity index (χ2v) is 6.29. The lowest BCUT2D eigenvalue weighted by Gasteiger charge is -2.33. The molecule has 1 amide bonds. The van der Waals surface area contributed by atoms with Gasteiger partial charge in [0.2, 0.25) is 0 Å². The zero-order valence-electron chi connectivity index (χ0n) is 14.6. The Balaban J connectivity index is 2.10. The van der Waals surface area contributed by atoms with E-state index in [-0.39, 0.29) is 24.3 Å². The summed E-state index contributed by atoms with van der Waals surface area (Å²) < 4.78 is 5.02. The molecule has 1 heterocycles. The minimum atomic E-state index is -0.240. The normalized spacial score (nSPS) is 16.0. The Labute approximate surface area is 144 Å². The average molecular weight is 332 g/mol. The van der Waals surface area contributed by atoms with Gasteiger partial charge in [-0.05, 0) is 31.9 Å². The molecular weight excluding hydrogens is 304 g/mol. The number of pyridine rings is 1. The van der Waals surface area contributed by atoms with E-state index in [0.29, 0.717) is 18.7 Å². The number of hydrogen-bond donors (Lipinski definition) is 0. The molecule has 0 saturated heterocycles. The number of hydrogen-bond acceptors (Lipinski definition) is 4. The summed E-state index contributed by atoms with van der Waals surface area (Å²) in [5, 5.41) is 0. The van der Waals surface area contributed by atoms with Crippen molar-refractivity contribution in [3.63, 3.8) is 0 Å². The van der Waals surface area contributed by atoms with E-state index in [1.165, 1.54) is 19.3 Å². The first-order valence-corrected chi connectivity index (χ1v) is 9.09. The molecule has 2 rings (SSSR count). The predicted molar refractivity (Wildman–Crippen MR) is 92.6 cm³/mol. The molecule has 24 heavy (non-hydrogen) atoms. The van der Waals surface area contributed by atoms with Crippen molar-refractivity contribution in [2.75, 3.05) is 13.2 Å². The molecule has 0 aromatic carbocycles. The highest BCUT2D eigenvalue weighted by Crippen LogP contribution is 2.23. The molecule has 0 atom stereocenters. The van der Waals surface area contributed by atoms with Crippen LogP contribution in [0.1, 0.15) is 68.6 Å². The first-order chi connectivity index (χ1) is 11.7. The van der Waals surface area contributed by atoms with Crippen LogP contribution in [-0.2, 0) is 9.53 Å². The summed E-state index contributed by atoms with van der Waals surface area (Å²) in [7, 11) is 0. The van der Waals surface area contributed by atoms with Crippen LogP contribution in [0.5, 0.6) is 0 Å². The van der Waals surface area contributed by atoms with Gasteiger partial charge in [0.1, 0.15) is 0 Å². The van der Waals surface area contributed by atoms with Crippen molar-refractivity contribution in [1.29, 1.82) is 0 Å². The zero-order valence-corrected chi connectivity index (χ0v) is 14.6. The second kappa shape index (κ2) is 10.1. The number of amides is 1. The summed E-state index contributed by atoms with van der Waals surface area (Å²) in [6, 6.07) is 3.69. The number of aromatic nitrogens is 1. The maximum atomic E-state index is 13.0. The number of carbonyl (C=O) groups excluding carboxylic acids is 2. The average Bonchev–Trinajstić information content (AvgIpc) is 2.57. The van der Waals surface area contributed by atoms with E-state index in [1.54, 1.807) is 31.5 Å². The van der Waals surface area contributed by atoms with Gasteiger partial charge in [-0.1, -0.05) is 32.1 Å². The number of carbonyl (C=O) groups is 2. The zero-order chi connectivity index (χ0) is 17.2. The Hall–Kier alpha value is -1.91. The Morgan fingerprint density at radius 3 is 2.38 bits per heavy atom. The van der Waals surface area contributed by atoms with Crippen LogP contribution in [0, 0.1) is 0 Å². The van der Waals surface area contributed by atoms with Gasteiger partial charge in [0, 0.05) is 30.5 Å². The van der Waals surface area contributed by atoms with Crippen LogP contribution in [-0.4, -0.2) is 41.0 Å². The van der Waals surface area contributed by atoms with Gasteiger partial charge in [0.25, 0.3) is 5.91 Å². The molecule has 0 unspecified atom stereocenters. The maximum absolute atomic E-state index is 13.0. The Kier molecular flexibility index (Phi) is 7.72. The van der Waals surface area contributed by atoms with E-state index in [2.05, 4.69) is 4.98 Å². The van der Waals surface area contributed by atoms with Crippen molar-refractivity contribution in [3.05, 3.63) is 30.1 Å². The van der Waals surface area contributed by atoms with E-state index in [4.69, 9.17) is 4.74 Å². The van der Waals surface area contributed by atoms with Crippen LogP contribution in [0.2, 0.25) is 0 Å². The van der Waals surface area contributed by atoms with Crippen LogP contribution in [0.4, 0.5) is 0 Å². The third-order valence-corrected chi connectivity index (χ3v) is 4.57. The fraction of sp³-hybridized carbons (Fsp3) is 0.632. The van der Waals surface area contributed by atoms with Crippen LogP contribution in [0.3, 0.4) is 0 Å². The molecule has 1 aliphatic carbocycles. The summed E-state index contributed by atoms with van der Waals surface area (Å²) in [6.07, 6.45) is 11.6. The van der Waals surface area contributed by atoms with E-state index >= 15 is 0 Å². The van der Waals surface area contributed by atoms with Crippen LogP contribution >= 0.6 is 0 Å². The summed E-state index contributed by atoms with van der Waals surface area (Å²) in [5.41, 5.74) is 0.635. The SMILES string of the molecule is CCOC(=O)CCN(C(=O)c1ccncc1)C1CCCCCCC1.